The molecule has 1 aromatic carbocycles. The van der Waals surface area contributed by atoms with Gasteiger partial charge in [0.1, 0.15) is 5.65 Å². The number of fused-ring (bicyclic) bond motifs is 1. The summed E-state index contributed by atoms with van der Waals surface area (Å²) < 4.78 is 6.77. The second-order valence-electron chi connectivity index (χ2n) is 5.90. The Morgan fingerprint density at radius 3 is 2.62 bits per heavy atom. The summed E-state index contributed by atoms with van der Waals surface area (Å²) in [5.74, 6) is 0. The molecule has 3 aromatic rings. The molecule has 0 spiro atoms. The molecule has 2 heterocycles. The summed E-state index contributed by atoms with van der Waals surface area (Å²) in [7, 11) is 1.68. The molecule has 0 unspecified atom stereocenters. The predicted octanol–water partition coefficient (Wildman–Crippen LogP) is 3.85. The highest BCUT2D eigenvalue weighted by atomic mass is 16.5. The summed E-state index contributed by atoms with van der Waals surface area (Å²) in [6.45, 7) is 2.71. The summed E-state index contributed by atoms with van der Waals surface area (Å²) in [5.41, 5.74) is 4.28. The summed E-state index contributed by atoms with van der Waals surface area (Å²) >= 11 is 0. The third kappa shape index (κ3) is 3.24. The van der Waals surface area contributed by atoms with Gasteiger partial charge in [-0.15, -0.1) is 0 Å². The number of aromatic nitrogens is 2. The first kappa shape index (κ1) is 16.4. The smallest absolute Gasteiger partial charge is 0.265 e. The van der Waals surface area contributed by atoms with Crippen molar-refractivity contribution in [1.29, 1.82) is 0 Å². The van der Waals surface area contributed by atoms with Crippen LogP contribution in [0.25, 0.3) is 16.8 Å². The molecular formula is C20H22N2O2. The van der Waals surface area contributed by atoms with E-state index in [1.165, 1.54) is 0 Å². The normalized spacial score (nSPS) is 11.1. The van der Waals surface area contributed by atoms with Gasteiger partial charge < -0.3 is 4.74 Å². The standard InChI is InChI=1S/C20H22N2O2/c1-3-4-7-17-19(16-11-9-15(10-12-16)14-24-2)20(23)22-13-6-5-8-18(22)21-17/h5-6,8-13H,3-4,7,14H2,1-2H3. The van der Waals surface area contributed by atoms with Gasteiger partial charge in [0.15, 0.2) is 0 Å². The highest BCUT2D eigenvalue weighted by molar-refractivity contribution is 5.67. The van der Waals surface area contributed by atoms with Crippen LogP contribution < -0.4 is 5.56 Å². The van der Waals surface area contributed by atoms with E-state index in [9.17, 15) is 4.79 Å². The molecule has 4 heteroatoms. The molecule has 2 aromatic heterocycles. The zero-order valence-corrected chi connectivity index (χ0v) is 14.2. The van der Waals surface area contributed by atoms with Crippen LogP contribution in [0.1, 0.15) is 31.0 Å². The Labute approximate surface area is 141 Å². The van der Waals surface area contributed by atoms with E-state index in [4.69, 9.17) is 9.72 Å². The molecule has 0 saturated carbocycles. The zero-order chi connectivity index (χ0) is 16.9. The third-order valence-corrected chi connectivity index (χ3v) is 4.13. The van der Waals surface area contributed by atoms with Crippen LogP contribution in [-0.4, -0.2) is 16.5 Å². The van der Waals surface area contributed by atoms with Crippen molar-refractivity contribution in [2.75, 3.05) is 7.11 Å². The Bertz CT molecular complexity index is 882. The third-order valence-electron chi connectivity index (χ3n) is 4.13. The number of unbranched alkanes of at least 4 members (excludes halogenated alkanes) is 1. The Morgan fingerprint density at radius 2 is 1.92 bits per heavy atom. The van der Waals surface area contributed by atoms with Crippen LogP contribution in [0.2, 0.25) is 0 Å². The molecule has 24 heavy (non-hydrogen) atoms. The minimum atomic E-state index is -0.00815. The summed E-state index contributed by atoms with van der Waals surface area (Å²) in [6.07, 6.45) is 4.68. The van der Waals surface area contributed by atoms with Crippen LogP contribution in [0, 0.1) is 0 Å². The fraction of sp³-hybridized carbons (Fsp3) is 0.300. The van der Waals surface area contributed by atoms with Crippen LogP contribution >= 0.6 is 0 Å². The second kappa shape index (κ2) is 7.41. The van der Waals surface area contributed by atoms with Gasteiger partial charge >= 0.3 is 0 Å². The van der Waals surface area contributed by atoms with Crippen molar-refractivity contribution >= 4 is 5.65 Å². The molecule has 0 saturated heterocycles. The van der Waals surface area contributed by atoms with Crippen LogP contribution in [0.15, 0.2) is 53.5 Å². The van der Waals surface area contributed by atoms with E-state index in [1.807, 2.05) is 42.5 Å². The van der Waals surface area contributed by atoms with Crippen molar-refractivity contribution in [3.63, 3.8) is 0 Å². The first-order chi connectivity index (χ1) is 11.7. The number of methoxy groups -OCH3 is 1. The number of pyridine rings is 1. The number of rotatable bonds is 6. The number of hydrogen-bond donors (Lipinski definition) is 0. The molecule has 0 atom stereocenters. The van der Waals surface area contributed by atoms with Crippen LogP contribution in [-0.2, 0) is 17.8 Å². The maximum atomic E-state index is 13.0. The first-order valence-electron chi connectivity index (χ1n) is 8.33. The van der Waals surface area contributed by atoms with Gasteiger partial charge in [0.25, 0.3) is 5.56 Å². The van der Waals surface area contributed by atoms with Gasteiger partial charge in [0.2, 0.25) is 0 Å². The topological polar surface area (TPSA) is 43.6 Å². The molecule has 0 fully saturated rings. The molecule has 4 nitrogen and oxygen atoms in total. The lowest BCUT2D eigenvalue weighted by Crippen LogP contribution is -2.19. The molecular weight excluding hydrogens is 300 g/mol. The fourth-order valence-electron chi connectivity index (χ4n) is 2.88. The lowest BCUT2D eigenvalue weighted by molar-refractivity contribution is 0.185. The molecule has 124 valence electrons. The van der Waals surface area contributed by atoms with E-state index in [2.05, 4.69) is 6.92 Å². The van der Waals surface area contributed by atoms with Crippen molar-refractivity contribution in [1.82, 2.24) is 9.38 Å². The second-order valence-corrected chi connectivity index (χ2v) is 5.90. The van der Waals surface area contributed by atoms with E-state index >= 15 is 0 Å². The molecule has 0 radical (unpaired) electrons. The molecule has 0 aliphatic heterocycles. The van der Waals surface area contributed by atoms with Crippen LogP contribution in [0.4, 0.5) is 0 Å². The SMILES string of the molecule is CCCCc1nc2ccccn2c(=O)c1-c1ccc(COC)cc1. The maximum Gasteiger partial charge on any atom is 0.265 e. The van der Waals surface area contributed by atoms with Gasteiger partial charge in [-0.05, 0) is 36.1 Å². The van der Waals surface area contributed by atoms with Crippen molar-refractivity contribution in [2.24, 2.45) is 0 Å². The average molecular weight is 322 g/mol. The Hall–Kier alpha value is -2.46. The lowest BCUT2D eigenvalue weighted by Gasteiger charge is -2.11. The number of hydrogen-bond acceptors (Lipinski definition) is 3. The largest absolute Gasteiger partial charge is 0.380 e. The predicted molar refractivity (Wildman–Crippen MR) is 96.2 cm³/mol. The maximum absolute atomic E-state index is 13.0. The van der Waals surface area contributed by atoms with Crippen molar-refractivity contribution in [3.8, 4) is 11.1 Å². The van der Waals surface area contributed by atoms with Gasteiger partial charge in [-0.2, -0.15) is 0 Å². The van der Waals surface area contributed by atoms with Gasteiger partial charge in [-0.3, -0.25) is 9.20 Å². The first-order valence-corrected chi connectivity index (χ1v) is 8.33. The summed E-state index contributed by atoms with van der Waals surface area (Å²) in [5, 5.41) is 0. The van der Waals surface area contributed by atoms with Gasteiger partial charge in [0, 0.05) is 13.3 Å². The van der Waals surface area contributed by atoms with Crippen LogP contribution in [0.3, 0.4) is 0 Å². The van der Waals surface area contributed by atoms with E-state index in [0.29, 0.717) is 17.8 Å². The molecule has 0 aliphatic rings. The van der Waals surface area contributed by atoms with Crippen molar-refractivity contribution < 1.29 is 4.74 Å². The van der Waals surface area contributed by atoms with Gasteiger partial charge in [0.05, 0.1) is 17.9 Å². The van der Waals surface area contributed by atoms with E-state index in [1.54, 1.807) is 17.7 Å². The van der Waals surface area contributed by atoms with E-state index in [-0.39, 0.29) is 5.56 Å². The molecule has 3 rings (SSSR count). The number of benzene rings is 1. The Balaban J connectivity index is 2.16. The average Bonchev–Trinajstić information content (AvgIpc) is 2.61. The number of nitrogens with zero attached hydrogens (tertiary/aromatic N) is 2. The van der Waals surface area contributed by atoms with E-state index < -0.39 is 0 Å². The summed E-state index contributed by atoms with van der Waals surface area (Å²) in [6, 6.07) is 13.6. The molecule has 0 aliphatic carbocycles. The Kier molecular flexibility index (Phi) is 5.06. The minimum absolute atomic E-state index is 0.00815. The number of ether oxygens (including phenoxy) is 1. The van der Waals surface area contributed by atoms with Gasteiger partial charge in [-0.1, -0.05) is 43.7 Å². The highest BCUT2D eigenvalue weighted by Gasteiger charge is 2.14. The molecule has 0 amide bonds. The van der Waals surface area contributed by atoms with Crippen molar-refractivity contribution in [3.05, 3.63) is 70.3 Å². The van der Waals surface area contributed by atoms with Gasteiger partial charge in [-0.25, -0.2) is 4.98 Å². The zero-order valence-electron chi connectivity index (χ0n) is 14.2. The number of aryl methyl sites for hydroxylation is 1. The molecule has 0 N–H and O–H groups in total. The van der Waals surface area contributed by atoms with Crippen molar-refractivity contribution in [2.45, 2.75) is 32.8 Å². The fourth-order valence-corrected chi connectivity index (χ4v) is 2.88. The summed E-state index contributed by atoms with van der Waals surface area (Å²) in [4.78, 5) is 17.8. The quantitative estimate of drug-likeness (QED) is 0.692. The highest BCUT2D eigenvalue weighted by Crippen LogP contribution is 2.22. The monoisotopic (exact) mass is 322 g/mol. The minimum Gasteiger partial charge on any atom is -0.380 e. The molecule has 0 bridgehead atoms. The van der Waals surface area contributed by atoms with E-state index in [0.717, 1.165) is 36.1 Å². The Morgan fingerprint density at radius 1 is 1.12 bits per heavy atom. The lowest BCUT2D eigenvalue weighted by atomic mass is 10.0. The van der Waals surface area contributed by atoms with Crippen LogP contribution in [0.5, 0.6) is 0 Å².